The normalized spacial score (nSPS) is 35.6. The molecule has 0 heterocycles. The molecular weight excluding hydrogens is 172 g/mol. The molecule has 0 amide bonds. The molecule has 1 aliphatic carbocycles. The minimum Gasteiger partial charge on any atom is -0.377 e. The Kier molecular flexibility index (Phi) is 3.07. The van der Waals surface area contributed by atoms with Crippen molar-refractivity contribution in [1.82, 2.24) is 0 Å². The fourth-order valence-electron chi connectivity index (χ4n) is 2.37. The average molecular weight is 192 g/mol. The highest BCUT2D eigenvalue weighted by Crippen LogP contribution is 2.46. The molecule has 14 heavy (non-hydrogen) atoms. The average Bonchev–Trinajstić information content (AvgIpc) is 2.11. The van der Waals surface area contributed by atoms with Gasteiger partial charge in [0.05, 0.1) is 0 Å². The molecule has 1 heteroatoms. The first-order valence-corrected chi connectivity index (χ1v) is 5.30. The maximum atomic E-state index is 10.6. The molecule has 1 N–H and O–H groups in total. The van der Waals surface area contributed by atoms with E-state index >= 15 is 0 Å². The molecule has 0 bridgehead atoms. The molecule has 1 fully saturated rings. The summed E-state index contributed by atoms with van der Waals surface area (Å²) in [4.78, 5) is 0. The first-order valence-electron chi connectivity index (χ1n) is 5.30. The van der Waals surface area contributed by atoms with Gasteiger partial charge in [-0.2, -0.15) is 0 Å². The minimum absolute atomic E-state index is 0.110. The van der Waals surface area contributed by atoms with Gasteiger partial charge in [-0.25, -0.2) is 0 Å². The van der Waals surface area contributed by atoms with Crippen molar-refractivity contribution < 1.29 is 5.11 Å². The van der Waals surface area contributed by atoms with E-state index in [1.807, 2.05) is 0 Å². The van der Waals surface area contributed by atoms with Gasteiger partial charge < -0.3 is 5.11 Å². The maximum Gasteiger partial charge on any atom is 0.133 e. The fourth-order valence-corrected chi connectivity index (χ4v) is 2.37. The second kappa shape index (κ2) is 3.79. The molecule has 1 saturated carbocycles. The van der Waals surface area contributed by atoms with Crippen molar-refractivity contribution >= 4 is 0 Å². The Morgan fingerprint density at radius 1 is 1.50 bits per heavy atom. The molecular formula is C13H20O. The van der Waals surface area contributed by atoms with Gasteiger partial charge in [0.2, 0.25) is 0 Å². The van der Waals surface area contributed by atoms with Crippen molar-refractivity contribution in [2.24, 2.45) is 11.3 Å². The third-order valence-corrected chi connectivity index (χ3v) is 3.55. The van der Waals surface area contributed by atoms with Crippen molar-refractivity contribution in [1.29, 1.82) is 0 Å². The number of aliphatic hydroxyl groups is 1. The molecule has 0 spiro atoms. The lowest BCUT2D eigenvalue weighted by atomic mass is 9.61. The van der Waals surface area contributed by atoms with Crippen LogP contribution in [0.25, 0.3) is 0 Å². The molecule has 78 valence electrons. The maximum absolute atomic E-state index is 10.6. The number of hydrogen-bond donors (Lipinski definition) is 1. The van der Waals surface area contributed by atoms with Crippen LogP contribution in [-0.4, -0.2) is 10.7 Å². The Bertz CT molecular complexity index is 279. The lowest BCUT2D eigenvalue weighted by Crippen LogP contribution is -2.51. The van der Waals surface area contributed by atoms with E-state index in [1.165, 1.54) is 6.42 Å². The van der Waals surface area contributed by atoms with Gasteiger partial charge in [0.1, 0.15) is 5.60 Å². The Morgan fingerprint density at radius 3 is 2.64 bits per heavy atom. The van der Waals surface area contributed by atoms with E-state index in [0.29, 0.717) is 0 Å². The highest BCUT2D eigenvalue weighted by molar-refractivity contribution is 5.26. The Hall–Kier alpha value is -0.740. The zero-order chi connectivity index (χ0) is 10.8. The molecule has 1 rings (SSSR count). The molecule has 2 unspecified atom stereocenters. The van der Waals surface area contributed by atoms with Gasteiger partial charge in [-0.15, -0.1) is 0 Å². The van der Waals surface area contributed by atoms with Gasteiger partial charge in [0, 0.05) is 5.41 Å². The van der Waals surface area contributed by atoms with Crippen LogP contribution in [0, 0.1) is 23.2 Å². The summed E-state index contributed by atoms with van der Waals surface area (Å²) in [6.45, 7) is 9.84. The van der Waals surface area contributed by atoms with Crippen molar-refractivity contribution in [3.63, 3.8) is 0 Å². The number of allylic oxidation sites excluding steroid dienone is 1. The number of rotatable bonds is 0. The summed E-state index contributed by atoms with van der Waals surface area (Å²) >= 11 is 0. The Labute approximate surface area is 87.2 Å². The Morgan fingerprint density at radius 2 is 2.14 bits per heavy atom. The van der Waals surface area contributed by atoms with Crippen LogP contribution in [0.1, 0.15) is 40.0 Å². The summed E-state index contributed by atoms with van der Waals surface area (Å²) in [7, 11) is 0. The lowest BCUT2D eigenvalue weighted by Gasteiger charge is -2.47. The van der Waals surface area contributed by atoms with Crippen molar-refractivity contribution in [2.75, 3.05) is 0 Å². The molecule has 0 aromatic carbocycles. The van der Waals surface area contributed by atoms with Crippen LogP contribution >= 0.6 is 0 Å². The lowest BCUT2D eigenvalue weighted by molar-refractivity contribution is -0.0860. The van der Waals surface area contributed by atoms with Crippen LogP contribution in [0.4, 0.5) is 0 Å². The molecule has 0 aliphatic heterocycles. The third-order valence-electron chi connectivity index (χ3n) is 3.55. The van der Waals surface area contributed by atoms with Gasteiger partial charge in [-0.05, 0) is 24.8 Å². The summed E-state index contributed by atoms with van der Waals surface area (Å²) in [5.74, 6) is 6.03. The standard InChI is InChI=1S/C13H20O/c1-5-6-10-13(14)11(2)8-7-9-12(13,3)4/h5,11,14H,1,7-9H2,2-4H3. The van der Waals surface area contributed by atoms with E-state index in [4.69, 9.17) is 0 Å². The van der Waals surface area contributed by atoms with Crippen molar-refractivity contribution in [2.45, 2.75) is 45.6 Å². The molecule has 0 radical (unpaired) electrons. The quantitative estimate of drug-likeness (QED) is 0.585. The molecule has 2 atom stereocenters. The second-order valence-electron chi connectivity index (χ2n) is 4.92. The topological polar surface area (TPSA) is 20.2 Å². The van der Waals surface area contributed by atoms with E-state index in [0.717, 1.165) is 12.8 Å². The van der Waals surface area contributed by atoms with Gasteiger partial charge in [-0.3, -0.25) is 0 Å². The summed E-state index contributed by atoms with van der Waals surface area (Å²) in [5.41, 5.74) is -0.958. The second-order valence-corrected chi connectivity index (χ2v) is 4.92. The van der Waals surface area contributed by atoms with Gasteiger partial charge in [0.15, 0.2) is 0 Å². The predicted octanol–water partition coefficient (Wildman–Crippen LogP) is 2.75. The van der Waals surface area contributed by atoms with Gasteiger partial charge in [0.25, 0.3) is 0 Å². The summed E-state index contributed by atoms with van der Waals surface area (Å²) in [6.07, 6.45) is 4.84. The van der Waals surface area contributed by atoms with Crippen LogP contribution in [0.15, 0.2) is 12.7 Å². The summed E-state index contributed by atoms with van der Waals surface area (Å²) < 4.78 is 0. The first-order chi connectivity index (χ1) is 6.44. The number of hydrogen-bond acceptors (Lipinski definition) is 1. The molecule has 0 aromatic rings. The minimum atomic E-state index is -0.848. The molecule has 0 aromatic heterocycles. The van der Waals surface area contributed by atoms with Crippen LogP contribution < -0.4 is 0 Å². The van der Waals surface area contributed by atoms with Crippen molar-refractivity contribution in [3.05, 3.63) is 12.7 Å². The van der Waals surface area contributed by atoms with E-state index in [2.05, 4.69) is 39.2 Å². The summed E-state index contributed by atoms with van der Waals surface area (Å²) in [6, 6.07) is 0. The van der Waals surface area contributed by atoms with Gasteiger partial charge >= 0.3 is 0 Å². The molecule has 1 aliphatic rings. The highest BCUT2D eigenvalue weighted by Gasteiger charge is 2.48. The largest absolute Gasteiger partial charge is 0.377 e. The fraction of sp³-hybridized carbons (Fsp3) is 0.692. The van der Waals surface area contributed by atoms with Crippen LogP contribution in [0.3, 0.4) is 0 Å². The SMILES string of the molecule is C=CC#CC1(O)C(C)CCCC1(C)C. The summed E-state index contributed by atoms with van der Waals surface area (Å²) in [5, 5.41) is 10.6. The molecule has 0 saturated heterocycles. The van der Waals surface area contributed by atoms with E-state index in [-0.39, 0.29) is 11.3 Å². The van der Waals surface area contributed by atoms with Crippen LogP contribution in [0.2, 0.25) is 0 Å². The smallest absolute Gasteiger partial charge is 0.133 e. The third kappa shape index (κ3) is 1.72. The van der Waals surface area contributed by atoms with E-state index < -0.39 is 5.60 Å². The first kappa shape index (κ1) is 11.3. The van der Waals surface area contributed by atoms with Crippen LogP contribution in [0.5, 0.6) is 0 Å². The van der Waals surface area contributed by atoms with E-state index in [1.54, 1.807) is 6.08 Å². The predicted molar refractivity (Wildman–Crippen MR) is 59.7 cm³/mol. The molecule has 1 nitrogen and oxygen atoms in total. The monoisotopic (exact) mass is 192 g/mol. The highest BCUT2D eigenvalue weighted by atomic mass is 16.3. The zero-order valence-electron chi connectivity index (χ0n) is 9.43. The Balaban J connectivity index is 3.04. The van der Waals surface area contributed by atoms with E-state index in [9.17, 15) is 5.11 Å². The van der Waals surface area contributed by atoms with Gasteiger partial charge in [-0.1, -0.05) is 45.6 Å². The van der Waals surface area contributed by atoms with Crippen molar-refractivity contribution in [3.8, 4) is 11.8 Å². The van der Waals surface area contributed by atoms with Crippen LogP contribution in [-0.2, 0) is 0 Å². The zero-order valence-corrected chi connectivity index (χ0v) is 9.43.